The summed E-state index contributed by atoms with van der Waals surface area (Å²) in [6, 6.07) is 9.33. The van der Waals surface area contributed by atoms with E-state index in [9.17, 15) is 9.59 Å². The smallest absolute Gasteiger partial charge is 0.259 e. The molecule has 2 aliphatic rings. The van der Waals surface area contributed by atoms with Crippen molar-refractivity contribution in [1.82, 2.24) is 10.3 Å². The number of rotatable bonds is 3. The number of benzene rings is 1. The molecule has 3 heterocycles. The Hall–Kier alpha value is -2.15. The lowest BCUT2D eigenvalue weighted by Gasteiger charge is -2.22. The number of piperidine rings is 1. The number of carbonyl (C=O) groups excluding carboxylic acids is 2. The molecular formula is C20H24Cl2N4O2. The summed E-state index contributed by atoms with van der Waals surface area (Å²) in [4.78, 5) is 30.9. The van der Waals surface area contributed by atoms with E-state index in [-0.39, 0.29) is 42.5 Å². The first-order valence-electron chi connectivity index (χ1n) is 9.09. The second-order valence-corrected chi connectivity index (χ2v) is 6.82. The number of amides is 2. The first-order valence-corrected chi connectivity index (χ1v) is 9.09. The molecule has 1 aromatic heterocycles. The molecule has 28 heavy (non-hydrogen) atoms. The van der Waals surface area contributed by atoms with Crippen molar-refractivity contribution in [2.24, 2.45) is 5.92 Å². The second kappa shape index (κ2) is 9.87. The Kier molecular flexibility index (Phi) is 7.80. The zero-order valence-electron chi connectivity index (χ0n) is 15.4. The fourth-order valence-electron chi connectivity index (χ4n) is 3.66. The molecule has 2 N–H and O–H groups in total. The van der Waals surface area contributed by atoms with Crippen LogP contribution >= 0.6 is 24.8 Å². The van der Waals surface area contributed by atoms with Crippen molar-refractivity contribution < 1.29 is 9.59 Å². The van der Waals surface area contributed by atoms with Gasteiger partial charge in [0, 0.05) is 36.9 Å². The Labute approximate surface area is 176 Å². The molecule has 1 saturated heterocycles. The highest BCUT2D eigenvalue weighted by atomic mass is 35.5. The normalized spacial score (nSPS) is 17.7. The summed E-state index contributed by atoms with van der Waals surface area (Å²) >= 11 is 0. The highest BCUT2D eigenvalue weighted by Gasteiger charge is 2.26. The predicted molar refractivity (Wildman–Crippen MR) is 115 cm³/mol. The van der Waals surface area contributed by atoms with E-state index in [0.29, 0.717) is 12.1 Å². The number of halogens is 2. The number of fused-ring (bicyclic) bond motifs is 1. The molecule has 0 bridgehead atoms. The van der Waals surface area contributed by atoms with Gasteiger partial charge in [-0.3, -0.25) is 14.6 Å². The molecule has 0 aliphatic carbocycles. The molecule has 1 atom stereocenters. The standard InChI is InChI=1S/C20H22N4O2.2ClH/c25-19(15-3-1-8-21-12-15)23-17-5-6-18-14(11-17)7-10-24(18)20(26)16-4-2-9-22-13-16;;/h2,4-6,9,11,13,15,21H,1,3,7-8,10,12H2,(H,23,25);2*1H. The summed E-state index contributed by atoms with van der Waals surface area (Å²) < 4.78 is 0. The van der Waals surface area contributed by atoms with Gasteiger partial charge in [0.25, 0.3) is 5.91 Å². The van der Waals surface area contributed by atoms with Gasteiger partial charge in [-0.05, 0) is 61.7 Å². The van der Waals surface area contributed by atoms with Gasteiger partial charge in [0.05, 0.1) is 11.5 Å². The first-order chi connectivity index (χ1) is 12.7. The number of aromatic nitrogens is 1. The lowest BCUT2D eigenvalue weighted by Crippen LogP contribution is -2.37. The Morgan fingerprint density at radius 2 is 2.07 bits per heavy atom. The van der Waals surface area contributed by atoms with E-state index in [4.69, 9.17) is 0 Å². The Bertz CT molecular complexity index is 826. The topological polar surface area (TPSA) is 74.3 Å². The van der Waals surface area contributed by atoms with Crippen LogP contribution < -0.4 is 15.5 Å². The highest BCUT2D eigenvalue weighted by Crippen LogP contribution is 2.31. The minimum atomic E-state index is -0.0399. The molecular weight excluding hydrogens is 399 g/mol. The average molecular weight is 423 g/mol. The minimum Gasteiger partial charge on any atom is -0.326 e. The summed E-state index contributed by atoms with van der Waals surface area (Å²) in [5.74, 6) is 0.0565. The number of carbonyl (C=O) groups is 2. The van der Waals surface area contributed by atoms with E-state index in [0.717, 1.165) is 49.3 Å². The molecule has 2 amide bonds. The lowest BCUT2D eigenvalue weighted by atomic mass is 9.98. The molecule has 1 aromatic carbocycles. The SMILES string of the molecule is Cl.Cl.O=C(Nc1ccc2c(c1)CCN2C(=O)c1cccnc1)C1CCCNC1. The van der Waals surface area contributed by atoms with E-state index in [2.05, 4.69) is 15.6 Å². The van der Waals surface area contributed by atoms with Gasteiger partial charge in [0.15, 0.2) is 0 Å². The van der Waals surface area contributed by atoms with E-state index >= 15 is 0 Å². The van der Waals surface area contributed by atoms with Crippen molar-refractivity contribution in [1.29, 1.82) is 0 Å². The monoisotopic (exact) mass is 422 g/mol. The Balaban J connectivity index is 0.00000140. The maximum Gasteiger partial charge on any atom is 0.259 e. The molecule has 0 saturated carbocycles. The molecule has 1 fully saturated rings. The number of hydrogen-bond acceptors (Lipinski definition) is 4. The third-order valence-electron chi connectivity index (χ3n) is 5.06. The van der Waals surface area contributed by atoms with Crippen LogP contribution in [0, 0.1) is 5.92 Å². The Morgan fingerprint density at radius 3 is 2.79 bits per heavy atom. The fourth-order valence-corrected chi connectivity index (χ4v) is 3.66. The van der Waals surface area contributed by atoms with Gasteiger partial charge in [-0.2, -0.15) is 0 Å². The number of pyridine rings is 1. The zero-order valence-corrected chi connectivity index (χ0v) is 17.0. The number of anilines is 2. The van der Waals surface area contributed by atoms with E-state index < -0.39 is 0 Å². The van der Waals surface area contributed by atoms with Gasteiger partial charge < -0.3 is 15.5 Å². The van der Waals surface area contributed by atoms with Crippen LogP contribution in [-0.4, -0.2) is 36.4 Å². The summed E-state index contributed by atoms with van der Waals surface area (Å²) in [5, 5.41) is 6.29. The van der Waals surface area contributed by atoms with Crippen molar-refractivity contribution in [2.45, 2.75) is 19.3 Å². The summed E-state index contributed by atoms with van der Waals surface area (Å²) in [6.07, 6.45) is 6.00. The first kappa shape index (κ1) is 22.1. The highest BCUT2D eigenvalue weighted by molar-refractivity contribution is 6.07. The van der Waals surface area contributed by atoms with Crippen molar-refractivity contribution in [3.63, 3.8) is 0 Å². The molecule has 0 spiro atoms. The third kappa shape index (κ3) is 4.63. The van der Waals surface area contributed by atoms with Crippen molar-refractivity contribution in [2.75, 3.05) is 29.9 Å². The Morgan fingerprint density at radius 1 is 1.21 bits per heavy atom. The molecule has 4 rings (SSSR count). The summed E-state index contributed by atoms with van der Waals surface area (Å²) in [5.41, 5.74) is 3.38. The molecule has 6 nitrogen and oxygen atoms in total. The molecule has 1 unspecified atom stereocenters. The minimum absolute atomic E-state index is 0. The van der Waals surface area contributed by atoms with Gasteiger partial charge >= 0.3 is 0 Å². The van der Waals surface area contributed by atoms with Crippen LogP contribution in [-0.2, 0) is 11.2 Å². The molecule has 150 valence electrons. The molecule has 2 aromatic rings. The van der Waals surface area contributed by atoms with Crippen molar-refractivity contribution >= 4 is 48.0 Å². The summed E-state index contributed by atoms with van der Waals surface area (Å²) in [7, 11) is 0. The summed E-state index contributed by atoms with van der Waals surface area (Å²) in [6.45, 7) is 2.38. The van der Waals surface area contributed by atoms with Crippen LogP contribution in [0.3, 0.4) is 0 Å². The van der Waals surface area contributed by atoms with Crippen LogP contribution in [0.4, 0.5) is 11.4 Å². The lowest BCUT2D eigenvalue weighted by molar-refractivity contribution is -0.120. The van der Waals surface area contributed by atoms with Gasteiger partial charge in [0.1, 0.15) is 0 Å². The second-order valence-electron chi connectivity index (χ2n) is 6.82. The third-order valence-corrected chi connectivity index (χ3v) is 5.06. The van der Waals surface area contributed by atoms with E-state index in [1.165, 1.54) is 0 Å². The van der Waals surface area contributed by atoms with Crippen LogP contribution in [0.25, 0.3) is 0 Å². The maximum atomic E-state index is 12.7. The predicted octanol–water partition coefficient (Wildman–Crippen LogP) is 3.07. The fraction of sp³-hybridized carbons (Fsp3) is 0.350. The number of hydrogen-bond donors (Lipinski definition) is 2. The van der Waals surface area contributed by atoms with Crippen molar-refractivity contribution in [3.05, 3.63) is 53.9 Å². The van der Waals surface area contributed by atoms with Crippen molar-refractivity contribution in [3.8, 4) is 0 Å². The molecule has 8 heteroatoms. The van der Waals surface area contributed by atoms with Crippen LogP contribution in [0.5, 0.6) is 0 Å². The van der Waals surface area contributed by atoms with Gasteiger partial charge in [-0.15, -0.1) is 24.8 Å². The molecule has 0 radical (unpaired) electrons. The quantitative estimate of drug-likeness (QED) is 0.796. The van der Waals surface area contributed by atoms with Crippen LogP contribution in [0.2, 0.25) is 0 Å². The average Bonchev–Trinajstić information content (AvgIpc) is 3.12. The van der Waals surface area contributed by atoms with Gasteiger partial charge in [0.2, 0.25) is 5.91 Å². The maximum absolute atomic E-state index is 12.7. The zero-order chi connectivity index (χ0) is 17.9. The van der Waals surface area contributed by atoms with Crippen LogP contribution in [0.15, 0.2) is 42.7 Å². The van der Waals surface area contributed by atoms with E-state index in [1.54, 1.807) is 29.4 Å². The van der Waals surface area contributed by atoms with Gasteiger partial charge in [-0.25, -0.2) is 0 Å². The number of nitrogens with one attached hydrogen (secondary N) is 2. The largest absolute Gasteiger partial charge is 0.326 e. The van der Waals surface area contributed by atoms with Crippen LogP contribution in [0.1, 0.15) is 28.8 Å². The van der Waals surface area contributed by atoms with E-state index in [1.807, 2.05) is 18.2 Å². The van der Waals surface area contributed by atoms with Gasteiger partial charge in [-0.1, -0.05) is 0 Å². The number of nitrogens with zero attached hydrogens (tertiary/aromatic N) is 2. The molecule has 2 aliphatic heterocycles.